The van der Waals surface area contributed by atoms with E-state index in [1.165, 1.54) is 0 Å². The minimum absolute atomic E-state index is 0.0969. The van der Waals surface area contributed by atoms with Crippen molar-refractivity contribution in [3.05, 3.63) is 69.5 Å². The van der Waals surface area contributed by atoms with Crippen LogP contribution >= 0.6 is 23.2 Å². The Morgan fingerprint density at radius 3 is 1.96 bits per heavy atom. The highest BCUT2D eigenvalue weighted by Crippen LogP contribution is 2.39. The second-order valence-corrected chi connectivity index (χ2v) is 5.61. The van der Waals surface area contributed by atoms with Crippen molar-refractivity contribution < 1.29 is 4.39 Å². The molecule has 0 aliphatic heterocycles. The number of hydrogen-bond donors (Lipinski definition) is 0. The molecule has 23 heavy (non-hydrogen) atoms. The number of nitriles is 2. The molecule has 0 radical (unpaired) electrons. The van der Waals surface area contributed by atoms with Crippen molar-refractivity contribution in [2.45, 2.75) is 0 Å². The van der Waals surface area contributed by atoms with Gasteiger partial charge in [0.15, 0.2) is 5.82 Å². The summed E-state index contributed by atoms with van der Waals surface area (Å²) in [6.45, 7) is 0. The van der Waals surface area contributed by atoms with Crippen LogP contribution in [0.25, 0.3) is 21.9 Å². The van der Waals surface area contributed by atoms with Crippen molar-refractivity contribution in [3.63, 3.8) is 0 Å². The molecule has 0 saturated heterocycles. The van der Waals surface area contributed by atoms with Crippen molar-refractivity contribution in [1.29, 1.82) is 10.5 Å². The fourth-order valence-corrected chi connectivity index (χ4v) is 3.01. The van der Waals surface area contributed by atoms with E-state index < -0.39 is 5.82 Å². The van der Waals surface area contributed by atoms with Crippen LogP contribution in [0.1, 0.15) is 11.1 Å². The van der Waals surface area contributed by atoms with E-state index in [0.29, 0.717) is 5.56 Å². The summed E-state index contributed by atoms with van der Waals surface area (Å²) >= 11 is 11.8. The van der Waals surface area contributed by atoms with Gasteiger partial charge in [0.25, 0.3) is 0 Å². The highest BCUT2D eigenvalue weighted by molar-refractivity contribution is 6.37. The van der Waals surface area contributed by atoms with Crippen LogP contribution in [-0.2, 0) is 0 Å². The van der Waals surface area contributed by atoms with Gasteiger partial charge in [-0.2, -0.15) is 10.5 Å². The van der Waals surface area contributed by atoms with E-state index in [4.69, 9.17) is 23.2 Å². The van der Waals surface area contributed by atoms with Gasteiger partial charge in [-0.1, -0.05) is 59.6 Å². The molecule has 3 rings (SSSR count). The molecule has 2 nitrogen and oxygen atoms in total. The number of nitrogens with zero attached hydrogens (tertiary/aromatic N) is 2. The van der Waals surface area contributed by atoms with E-state index in [1.54, 1.807) is 6.07 Å². The molecule has 0 aliphatic carbocycles. The molecular formula is C18H7Cl2FN2. The van der Waals surface area contributed by atoms with Crippen LogP contribution in [0, 0.1) is 28.5 Å². The molecule has 3 aromatic carbocycles. The first-order chi connectivity index (χ1) is 11.1. The van der Waals surface area contributed by atoms with E-state index in [-0.39, 0.29) is 26.7 Å². The summed E-state index contributed by atoms with van der Waals surface area (Å²) in [6, 6.07) is 16.8. The number of halogens is 3. The van der Waals surface area contributed by atoms with Gasteiger partial charge in [0.1, 0.15) is 12.1 Å². The van der Waals surface area contributed by atoms with E-state index in [2.05, 4.69) is 0 Å². The van der Waals surface area contributed by atoms with E-state index >= 15 is 0 Å². The molecular weight excluding hydrogens is 334 g/mol. The lowest BCUT2D eigenvalue weighted by Crippen LogP contribution is -1.97. The summed E-state index contributed by atoms with van der Waals surface area (Å²) < 4.78 is 14.0. The Labute approximate surface area is 141 Å². The number of hydrogen-bond acceptors (Lipinski definition) is 2. The Morgan fingerprint density at radius 2 is 1.39 bits per heavy atom. The van der Waals surface area contributed by atoms with E-state index in [1.807, 2.05) is 48.5 Å². The summed E-state index contributed by atoms with van der Waals surface area (Å²) in [5.74, 6) is -0.953. The van der Waals surface area contributed by atoms with Crippen LogP contribution < -0.4 is 0 Å². The molecule has 0 saturated carbocycles. The Morgan fingerprint density at radius 1 is 0.826 bits per heavy atom. The molecule has 110 valence electrons. The second-order valence-electron chi connectivity index (χ2n) is 4.85. The summed E-state index contributed by atoms with van der Waals surface area (Å²) in [4.78, 5) is 0. The van der Waals surface area contributed by atoms with Gasteiger partial charge >= 0.3 is 0 Å². The Balaban J connectivity index is 2.42. The van der Waals surface area contributed by atoms with Crippen LogP contribution in [-0.4, -0.2) is 0 Å². The predicted molar refractivity (Wildman–Crippen MR) is 88.8 cm³/mol. The zero-order valence-electron chi connectivity index (χ0n) is 11.6. The van der Waals surface area contributed by atoms with Crippen LogP contribution in [0.4, 0.5) is 4.39 Å². The summed E-state index contributed by atoms with van der Waals surface area (Å²) in [7, 11) is 0. The molecule has 0 heterocycles. The minimum Gasteiger partial charge on any atom is -0.204 e. The molecule has 5 heteroatoms. The van der Waals surface area contributed by atoms with Gasteiger partial charge in [0, 0.05) is 5.56 Å². The van der Waals surface area contributed by atoms with Gasteiger partial charge < -0.3 is 0 Å². The molecule has 0 N–H and O–H groups in total. The zero-order valence-corrected chi connectivity index (χ0v) is 13.1. The lowest BCUT2D eigenvalue weighted by Gasteiger charge is -2.12. The first-order valence-electron chi connectivity index (χ1n) is 6.58. The maximum absolute atomic E-state index is 14.0. The first-order valence-corrected chi connectivity index (χ1v) is 7.34. The predicted octanol–water partition coefficient (Wildman–Crippen LogP) is 5.70. The van der Waals surface area contributed by atoms with Gasteiger partial charge in [0.05, 0.1) is 21.2 Å². The summed E-state index contributed by atoms with van der Waals surface area (Å²) in [5, 5.41) is 19.9. The van der Waals surface area contributed by atoms with Gasteiger partial charge in [-0.15, -0.1) is 0 Å². The highest BCUT2D eigenvalue weighted by atomic mass is 35.5. The van der Waals surface area contributed by atoms with Gasteiger partial charge in [-0.3, -0.25) is 0 Å². The monoisotopic (exact) mass is 340 g/mol. The molecule has 0 spiro atoms. The standard InChI is InChI=1S/C18H7Cl2FN2/c19-16-13(8-22)15(14(9-23)17(20)18(16)21)12-6-5-10-3-1-2-4-11(10)7-12/h1-7H. The minimum atomic E-state index is -0.953. The molecule has 0 amide bonds. The van der Waals surface area contributed by atoms with Crippen molar-refractivity contribution in [2.24, 2.45) is 0 Å². The Kier molecular flexibility index (Phi) is 3.92. The van der Waals surface area contributed by atoms with Crippen molar-refractivity contribution in [2.75, 3.05) is 0 Å². The lowest BCUT2D eigenvalue weighted by molar-refractivity contribution is 0.628. The quantitative estimate of drug-likeness (QED) is 0.533. The van der Waals surface area contributed by atoms with Crippen molar-refractivity contribution in [1.82, 2.24) is 0 Å². The number of rotatable bonds is 1. The summed E-state index contributed by atoms with van der Waals surface area (Å²) in [5.41, 5.74) is 0.638. The van der Waals surface area contributed by atoms with Crippen molar-refractivity contribution in [3.8, 4) is 23.3 Å². The molecule has 0 aromatic heterocycles. The lowest BCUT2D eigenvalue weighted by atomic mass is 9.93. The van der Waals surface area contributed by atoms with Gasteiger partial charge in [-0.05, 0) is 22.4 Å². The molecule has 0 fully saturated rings. The Bertz CT molecular complexity index is 989. The fraction of sp³-hybridized carbons (Fsp3) is 0. The maximum atomic E-state index is 14.0. The second kappa shape index (κ2) is 5.89. The van der Waals surface area contributed by atoms with Crippen LogP contribution in [0.15, 0.2) is 42.5 Å². The van der Waals surface area contributed by atoms with Gasteiger partial charge in [-0.25, -0.2) is 4.39 Å². The van der Waals surface area contributed by atoms with Crippen LogP contribution in [0.3, 0.4) is 0 Å². The molecule has 0 bridgehead atoms. The third kappa shape index (κ3) is 2.41. The highest BCUT2D eigenvalue weighted by Gasteiger charge is 2.23. The third-order valence-corrected chi connectivity index (χ3v) is 4.30. The SMILES string of the molecule is N#Cc1c(Cl)c(F)c(Cl)c(C#N)c1-c1ccc2ccccc2c1. The fourth-order valence-electron chi connectivity index (χ4n) is 2.50. The third-order valence-electron chi connectivity index (χ3n) is 3.59. The van der Waals surface area contributed by atoms with Crippen LogP contribution in [0.2, 0.25) is 10.0 Å². The Hall–Kier alpha value is -2.59. The van der Waals surface area contributed by atoms with Crippen molar-refractivity contribution >= 4 is 34.0 Å². The molecule has 0 unspecified atom stereocenters. The van der Waals surface area contributed by atoms with E-state index in [9.17, 15) is 14.9 Å². The van der Waals surface area contributed by atoms with E-state index in [0.717, 1.165) is 10.8 Å². The number of fused-ring (bicyclic) bond motifs is 1. The largest absolute Gasteiger partial charge is 0.204 e. The van der Waals surface area contributed by atoms with Gasteiger partial charge in [0.2, 0.25) is 0 Å². The molecule has 0 atom stereocenters. The first kappa shape index (κ1) is 15.3. The number of benzene rings is 3. The topological polar surface area (TPSA) is 47.6 Å². The molecule has 0 aliphatic rings. The smallest absolute Gasteiger partial charge is 0.163 e. The molecule has 3 aromatic rings. The zero-order chi connectivity index (χ0) is 16.6. The average Bonchev–Trinajstić information content (AvgIpc) is 2.59. The normalized spacial score (nSPS) is 10.3. The van der Waals surface area contributed by atoms with Crippen LogP contribution in [0.5, 0.6) is 0 Å². The maximum Gasteiger partial charge on any atom is 0.163 e. The summed E-state index contributed by atoms with van der Waals surface area (Å²) in [6.07, 6.45) is 0. The average molecular weight is 341 g/mol.